The summed E-state index contributed by atoms with van der Waals surface area (Å²) in [6.07, 6.45) is 7.67. The van der Waals surface area contributed by atoms with E-state index in [-0.39, 0.29) is 29.7 Å². The molecule has 11 heteroatoms. The third-order valence-electron chi connectivity index (χ3n) is 9.57. The summed E-state index contributed by atoms with van der Waals surface area (Å²) in [5.41, 5.74) is 4.39. The summed E-state index contributed by atoms with van der Waals surface area (Å²) in [5, 5.41) is 49.6. The molecule has 4 aliphatic carbocycles. The van der Waals surface area contributed by atoms with E-state index in [1.165, 1.54) is 11.2 Å². The van der Waals surface area contributed by atoms with Gasteiger partial charge in [-0.2, -0.15) is 0 Å². The van der Waals surface area contributed by atoms with Crippen LogP contribution in [0.4, 0.5) is 0 Å². The minimum absolute atomic E-state index is 0.0301. The van der Waals surface area contributed by atoms with E-state index in [0.29, 0.717) is 23.7 Å². The number of amides is 1. The van der Waals surface area contributed by atoms with Gasteiger partial charge in [-0.25, -0.2) is 0 Å². The summed E-state index contributed by atoms with van der Waals surface area (Å²) in [5.74, 6) is -6.64. The molecule has 0 aliphatic heterocycles. The molecule has 2 saturated carbocycles. The topological polar surface area (TPSA) is 187 Å². The molecule has 4 aliphatic rings. The van der Waals surface area contributed by atoms with Crippen molar-refractivity contribution >= 4 is 23.2 Å². The predicted octanol–water partition coefficient (Wildman–Crippen LogP) is 2.26. The van der Waals surface area contributed by atoms with Crippen molar-refractivity contribution < 1.29 is 39.2 Å². The van der Waals surface area contributed by atoms with Crippen LogP contribution in [0.2, 0.25) is 0 Å². The van der Waals surface area contributed by atoms with Gasteiger partial charge in [-0.15, -0.1) is 0 Å². The number of phenols is 1. The number of aliphatic hydroxyl groups is 3. The third-order valence-corrected chi connectivity index (χ3v) is 9.57. The number of benzene rings is 1. The fourth-order valence-electron chi connectivity index (χ4n) is 7.56. The Bertz CT molecular complexity index is 1550. The fraction of sp³-hybridized carbons (Fsp3) is 0.452. The maximum absolute atomic E-state index is 14.1. The fourth-order valence-corrected chi connectivity index (χ4v) is 7.56. The molecule has 2 fully saturated rings. The second-order valence-corrected chi connectivity index (χ2v) is 12.1. The monoisotopic (exact) mass is 577 g/mol. The van der Waals surface area contributed by atoms with E-state index in [2.05, 4.69) is 5.32 Å². The van der Waals surface area contributed by atoms with Crippen molar-refractivity contribution in [3.8, 4) is 16.9 Å². The number of primary amides is 1. The molecule has 0 bridgehead atoms. The number of hydrogen-bond donors (Lipinski definition) is 6. The van der Waals surface area contributed by atoms with E-state index < -0.39 is 58.0 Å². The van der Waals surface area contributed by atoms with Crippen molar-refractivity contribution in [2.75, 3.05) is 14.1 Å². The number of ketones is 2. The van der Waals surface area contributed by atoms with Crippen LogP contribution < -0.4 is 11.1 Å². The van der Waals surface area contributed by atoms with Crippen LogP contribution in [0, 0.1) is 11.8 Å². The number of fused-ring (bicyclic) bond motifs is 3. The minimum atomic E-state index is -2.67. The van der Waals surface area contributed by atoms with Gasteiger partial charge in [-0.1, -0.05) is 12.8 Å². The number of Topliss-reactive ketones (excluding diaryl/α,β-unsaturated/α-hetero) is 2. The normalized spacial score (nSPS) is 27.9. The summed E-state index contributed by atoms with van der Waals surface area (Å²) in [6.45, 7) is 0.332. The van der Waals surface area contributed by atoms with Crippen LogP contribution in [0.5, 0.6) is 5.75 Å². The molecule has 222 valence electrons. The summed E-state index contributed by atoms with van der Waals surface area (Å²) >= 11 is 0. The smallest absolute Gasteiger partial charge is 0.255 e. The lowest BCUT2D eigenvalue weighted by Gasteiger charge is -2.50. The minimum Gasteiger partial charge on any atom is -0.508 e. The largest absolute Gasteiger partial charge is 0.508 e. The van der Waals surface area contributed by atoms with Crippen LogP contribution in [0.25, 0.3) is 16.9 Å². The summed E-state index contributed by atoms with van der Waals surface area (Å²) in [7, 11) is 3.15. The Labute approximate surface area is 242 Å². The highest BCUT2D eigenvalue weighted by Gasteiger charge is 2.64. The highest BCUT2D eigenvalue weighted by atomic mass is 16.3. The van der Waals surface area contributed by atoms with Gasteiger partial charge in [0.05, 0.1) is 24.1 Å². The SMILES string of the molecule is CN(C)C1C(=O)C(C(N)=O)=C(O)C2(O)C(=O)C3=C(O)c4c(O)c(CNC5CCCC5)cc(-c5ccoc5)c4CC3CC12. The van der Waals surface area contributed by atoms with Crippen LogP contribution >= 0.6 is 0 Å². The summed E-state index contributed by atoms with van der Waals surface area (Å²) in [4.78, 5) is 41.1. The molecular weight excluding hydrogens is 542 g/mol. The van der Waals surface area contributed by atoms with Crippen LogP contribution in [0.15, 0.2) is 46.0 Å². The van der Waals surface area contributed by atoms with Gasteiger partial charge in [-0.05, 0) is 69.0 Å². The number of rotatable bonds is 6. The van der Waals surface area contributed by atoms with E-state index in [1.54, 1.807) is 26.4 Å². The number of aromatic hydroxyl groups is 1. The van der Waals surface area contributed by atoms with Gasteiger partial charge >= 0.3 is 0 Å². The average Bonchev–Trinajstić information content (AvgIpc) is 3.65. The van der Waals surface area contributed by atoms with Gasteiger partial charge in [0.1, 0.15) is 22.8 Å². The van der Waals surface area contributed by atoms with E-state index in [0.717, 1.165) is 36.8 Å². The molecule has 6 rings (SSSR count). The number of hydrogen-bond acceptors (Lipinski definition) is 10. The molecule has 0 saturated heterocycles. The lowest BCUT2D eigenvalue weighted by atomic mass is 9.57. The van der Waals surface area contributed by atoms with Gasteiger partial charge in [-0.3, -0.25) is 19.3 Å². The zero-order chi connectivity index (χ0) is 30.1. The molecule has 1 aromatic heterocycles. The first-order chi connectivity index (χ1) is 20.0. The molecule has 4 unspecified atom stereocenters. The predicted molar refractivity (Wildman–Crippen MR) is 151 cm³/mol. The number of aliphatic hydroxyl groups excluding tert-OH is 2. The zero-order valence-corrected chi connectivity index (χ0v) is 23.5. The second kappa shape index (κ2) is 10.1. The van der Waals surface area contributed by atoms with E-state index in [4.69, 9.17) is 10.2 Å². The van der Waals surface area contributed by atoms with Crippen LogP contribution in [0.3, 0.4) is 0 Å². The molecule has 0 spiro atoms. The Kier molecular flexibility index (Phi) is 6.79. The van der Waals surface area contributed by atoms with Crippen molar-refractivity contribution in [2.45, 2.75) is 62.8 Å². The number of likely N-dealkylation sites (N-methyl/N-ethyl adjacent to an activating group) is 1. The van der Waals surface area contributed by atoms with Gasteiger partial charge < -0.3 is 35.9 Å². The first-order valence-electron chi connectivity index (χ1n) is 14.2. The molecule has 7 N–H and O–H groups in total. The highest BCUT2D eigenvalue weighted by Crippen LogP contribution is 2.54. The van der Waals surface area contributed by atoms with Crippen molar-refractivity contribution in [2.24, 2.45) is 17.6 Å². The Morgan fingerprint density at radius 2 is 1.90 bits per heavy atom. The van der Waals surface area contributed by atoms with Crippen LogP contribution in [-0.2, 0) is 27.3 Å². The van der Waals surface area contributed by atoms with Crippen molar-refractivity contribution in [1.82, 2.24) is 10.2 Å². The van der Waals surface area contributed by atoms with E-state index in [9.17, 15) is 34.8 Å². The number of nitrogens with zero attached hydrogens (tertiary/aromatic N) is 1. The van der Waals surface area contributed by atoms with Gasteiger partial charge in [0.2, 0.25) is 5.78 Å². The van der Waals surface area contributed by atoms with Gasteiger partial charge in [0.25, 0.3) is 5.91 Å². The number of nitrogens with two attached hydrogens (primary N) is 1. The number of phenolic OH excluding ortho intramolecular Hbond substituents is 1. The molecule has 1 aromatic carbocycles. The van der Waals surface area contributed by atoms with Crippen LogP contribution in [-0.4, -0.2) is 74.6 Å². The summed E-state index contributed by atoms with van der Waals surface area (Å²) < 4.78 is 5.35. The Balaban J connectivity index is 1.52. The highest BCUT2D eigenvalue weighted by molar-refractivity contribution is 6.24. The molecule has 2 aromatic rings. The standard InChI is InChI=1S/C31H35N3O8/c1-34(2)24-20-11-15-9-19-18(14-7-8-42-13-14)10-16(12-33-17-5-3-4-6-17)25(35)22(19)26(36)21(15)28(38)31(20,41)29(39)23(27(24)37)30(32)40/h7-8,10,13,15,17,20,24,33,35-36,39,41H,3-6,9,11-12H2,1-2H3,(H2,32,40). The first-order valence-corrected chi connectivity index (χ1v) is 14.2. The third kappa shape index (κ3) is 4.02. The van der Waals surface area contributed by atoms with Gasteiger partial charge in [0.15, 0.2) is 11.4 Å². The zero-order valence-electron chi connectivity index (χ0n) is 23.5. The maximum Gasteiger partial charge on any atom is 0.255 e. The molecule has 42 heavy (non-hydrogen) atoms. The number of furan rings is 1. The molecule has 1 amide bonds. The van der Waals surface area contributed by atoms with Crippen LogP contribution in [0.1, 0.15) is 48.8 Å². The molecule has 0 radical (unpaired) electrons. The Morgan fingerprint density at radius 3 is 2.52 bits per heavy atom. The van der Waals surface area contributed by atoms with Crippen molar-refractivity contribution in [3.63, 3.8) is 0 Å². The molecule has 1 heterocycles. The van der Waals surface area contributed by atoms with Crippen molar-refractivity contribution in [3.05, 3.63) is 58.3 Å². The Hall–Kier alpha value is -3.93. The summed E-state index contributed by atoms with van der Waals surface area (Å²) in [6, 6.07) is 2.82. The number of nitrogens with one attached hydrogen (secondary N) is 1. The number of carbonyl (C=O) groups is 3. The molecule has 4 atom stereocenters. The quantitative estimate of drug-likeness (QED) is 0.278. The van der Waals surface area contributed by atoms with E-state index in [1.807, 2.05) is 6.07 Å². The average molecular weight is 578 g/mol. The molecular formula is C31H35N3O8. The second-order valence-electron chi connectivity index (χ2n) is 12.1. The maximum atomic E-state index is 14.1. The van der Waals surface area contributed by atoms with E-state index >= 15 is 0 Å². The lowest BCUT2D eigenvalue weighted by Crippen LogP contribution is -2.65. The van der Waals surface area contributed by atoms with Crippen molar-refractivity contribution in [1.29, 1.82) is 0 Å². The molecule has 11 nitrogen and oxygen atoms in total. The first kappa shape index (κ1) is 28.2. The Morgan fingerprint density at radius 1 is 1.19 bits per heavy atom. The number of carbonyl (C=O) groups excluding carboxylic acids is 3. The van der Waals surface area contributed by atoms with Gasteiger partial charge in [0, 0.05) is 35.2 Å². The lowest BCUT2D eigenvalue weighted by molar-refractivity contribution is -0.153.